The molecule has 0 saturated carbocycles. The Morgan fingerprint density at radius 3 is 2.35 bits per heavy atom. The molecule has 0 aliphatic carbocycles. The molecule has 2 atom stereocenters. The number of aryl methyl sites for hydroxylation is 1. The monoisotopic (exact) mass is 476 g/mol. The lowest BCUT2D eigenvalue weighted by Crippen LogP contribution is -2.33. The van der Waals surface area contributed by atoms with Crippen LogP contribution in [0.2, 0.25) is 0 Å². The van der Waals surface area contributed by atoms with Crippen molar-refractivity contribution in [1.82, 2.24) is 15.3 Å². The van der Waals surface area contributed by atoms with Gasteiger partial charge in [0.2, 0.25) is 0 Å². The average molecular weight is 477 g/mol. The van der Waals surface area contributed by atoms with Crippen LogP contribution in [0.15, 0.2) is 77.7 Å². The van der Waals surface area contributed by atoms with E-state index in [1.165, 1.54) is 24.3 Å². The van der Waals surface area contributed by atoms with Crippen molar-refractivity contribution in [3.05, 3.63) is 89.7 Å². The molecular formula is C26H28N4O3S. The number of rotatable bonds is 8. The van der Waals surface area contributed by atoms with Crippen LogP contribution in [0.5, 0.6) is 0 Å². The summed E-state index contributed by atoms with van der Waals surface area (Å²) in [5.41, 5.74) is 3.47. The van der Waals surface area contributed by atoms with Gasteiger partial charge in [-0.3, -0.25) is 9.52 Å². The molecule has 0 fully saturated rings. The van der Waals surface area contributed by atoms with Crippen molar-refractivity contribution in [1.29, 1.82) is 0 Å². The van der Waals surface area contributed by atoms with Crippen LogP contribution in [-0.2, 0) is 10.0 Å². The normalized spacial score (nSPS) is 13.4. The molecule has 0 aliphatic rings. The molecule has 176 valence electrons. The Bertz CT molecular complexity index is 1380. The Labute approximate surface area is 199 Å². The van der Waals surface area contributed by atoms with Crippen LogP contribution in [0.25, 0.3) is 11.0 Å². The third kappa shape index (κ3) is 4.97. The Morgan fingerprint density at radius 2 is 1.68 bits per heavy atom. The minimum Gasteiger partial charge on any atom is -0.342 e. The van der Waals surface area contributed by atoms with Crippen molar-refractivity contribution < 1.29 is 13.2 Å². The zero-order valence-corrected chi connectivity index (χ0v) is 20.2. The lowest BCUT2D eigenvalue weighted by molar-refractivity contribution is 0.0920. The zero-order valence-electron chi connectivity index (χ0n) is 19.4. The molecule has 4 rings (SSSR count). The molecular weight excluding hydrogens is 448 g/mol. The Morgan fingerprint density at radius 1 is 1.00 bits per heavy atom. The molecule has 0 aliphatic heterocycles. The van der Waals surface area contributed by atoms with Gasteiger partial charge in [-0.1, -0.05) is 50.6 Å². The topological polar surface area (TPSA) is 104 Å². The minimum atomic E-state index is -3.77. The number of sulfonamides is 1. The highest BCUT2D eigenvalue weighted by Crippen LogP contribution is 2.25. The number of aromatic nitrogens is 2. The first-order chi connectivity index (χ1) is 16.3. The first-order valence-corrected chi connectivity index (χ1v) is 12.7. The van der Waals surface area contributed by atoms with E-state index in [4.69, 9.17) is 0 Å². The zero-order chi connectivity index (χ0) is 24.3. The SMILES string of the molecule is CCC(C)C(NC(=O)c1ccc(S(=O)(=O)Nc2ccccc2C)cc1)c1nc2ccccc2[nH]1. The maximum atomic E-state index is 13.0. The highest BCUT2D eigenvalue weighted by atomic mass is 32.2. The van der Waals surface area contributed by atoms with Crippen molar-refractivity contribution in [3.8, 4) is 0 Å². The smallest absolute Gasteiger partial charge is 0.261 e. The molecule has 1 heterocycles. The van der Waals surface area contributed by atoms with E-state index in [0.717, 1.165) is 23.0 Å². The fourth-order valence-electron chi connectivity index (χ4n) is 3.74. The second-order valence-corrected chi connectivity index (χ2v) is 10.1. The van der Waals surface area contributed by atoms with Crippen molar-refractivity contribution in [2.24, 2.45) is 5.92 Å². The Kier molecular flexibility index (Phi) is 6.70. The van der Waals surface area contributed by atoms with Gasteiger partial charge in [0, 0.05) is 5.56 Å². The van der Waals surface area contributed by atoms with Gasteiger partial charge in [0.15, 0.2) is 0 Å². The van der Waals surface area contributed by atoms with Crippen molar-refractivity contribution in [2.45, 2.75) is 38.1 Å². The summed E-state index contributed by atoms with van der Waals surface area (Å²) in [5.74, 6) is 0.551. The van der Waals surface area contributed by atoms with Gasteiger partial charge in [-0.15, -0.1) is 0 Å². The minimum absolute atomic E-state index is 0.0862. The first-order valence-electron chi connectivity index (χ1n) is 11.2. The maximum absolute atomic E-state index is 13.0. The molecule has 0 radical (unpaired) electrons. The third-order valence-corrected chi connectivity index (χ3v) is 7.40. The summed E-state index contributed by atoms with van der Waals surface area (Å²) < 4.78 is 28.2. The van der Waals surface area contributed by atoms with Gasteiger partial charge in [-0.2, -0.15) is 0 Å². The van der Waals surface area contributed by atoms with Crippen LogP contribution in [0.3, 0.4) is 0 Å². The molecule has 34 heavy (non-hydrogen) atoms. The summed E-state index contributed by atoms with van der Waals surface area (Å²) in [7, 11) is -3.77. The molecule has 1 amide bonds. The van der Waals surface area contributed by atoms with Crippen LogP contribution in [-0.4, -0.2) is 24.3 Å². The van der Waals surface area contributed by atoms with E-state index in [1.807, 2.05) is 43.3 Å². The fourth-order valence-corrected chi connectivity index (χ4v) is 4.87. The summed E-state index contributed by atoms with van der Waals surface area (Å²) in [4.78, 5) is 21.1. The van der Waals surface area contributed by atoms with Crippen molar-refractivity contribution in [2.75, 3.05) is 4.72 Å². The summed E-state index contributed by atoms with van der Waals surface area (Å²) in [6.45, 7) is 5.96. The van der Waals surface area contributed by atoms with Gasteiger partial charge in [0.25, 0.3) is 15.9 Å². The summed E-state index contributed by atoms with van der Waals surface area (Å²) >= 11 is 0. The number of aromatic amines is 1. The summed E-state index contributed by atoms with van der Waals surface area (Å²) in [6.07, 6.45) is 0.851. The molecule has 3 N–H and O–H groups in total. The summed E-state index contributed by atoms with van der Waals surface area (Å²) in [6, 6.07) is 20.5. The number of nitrogens with one attached hydrogen (secondary N) is 3. The average Bonchev–Trinajstić information content (AvgIpc) is 3.27. The van der Waals surface area contributed by atoms with Gasteiger partial charge in [-0.05, 0) is 60.9 Å². The van der Waals surface area contributed by atoms with Gasteiger partial charge in [-0.25, -0.2) is 13.4 Å². The van der Waals surface area contributed by atoms with E-state index in [1.54, 1.807) is 12.1 Å². The number of hydrogen-bond acceptors (Lipinski definition) is 4. The largest absolute Gasteiger partial charge is 0.342 e. The molecule has 2 unspecified atom stereocenters. The van der Waals surface area contributed by atoms with Crippen molar-refractivity contribution in [3.63, 3.8) is 0 Å². The molecule has 4 aromatic rings. The first kappa shape index (κ1) is 23.5. The maximum Gasteiger partial charge on any atom is 0.261 e. The predicted molar refractivity (Wildman–Crippen MR) is 134 cm³/mol. The van der Waals surface area contributed by atoms with Crippen molar-refractivity contribution >= 4 is 32.7 Å². The number of anilines is 1. The number of carbonyl (C=O) groups is 1. The predicted octanol–water partition coefficient (Wildman–Crippen LogP) is 5.19. The molecule has 3 aromatic carbocycles. The summed E-state index contributed by atoms with van der Waals surface area (Å²) in [5, 5.41) is 3.07. The van der Waals surface area contributed by atoms with E-state index in [2.05, 4.69) is 33.9 Å². The van der Waals surface area contributed by atoms with Crippen LogP contribution in [0, 0.1) is 12.8 Å². The Hall–Kier alpha value is -3.65. The lowest BCUT2D eigenvalue weighted by atomic mass is 9.98. The standard InChI is InChI=1S/C26H28N4O3S/c1-4-17(2)24(25-27-22-11-7-8-12-23(22)28-25)29-26(31)19-13-15-20(16-14-19)34(32,33)30-21-10-6-5-9-18(21)3/h5-17,24,30H,4H2,1-3H3,(H,27,28)(H,29,31). The molecule has 0 bridgehead atoms. The van der Waals surface area contributed by atoms with Gasteiger partial charge in [0.1, 0.15) is 5.82 Å². The number of amides is 1. The van der Waals surface area contributed by atoms with Gasteiger partial charge in [0.05, 0.1) is 27.7 Å². The second-order valence-electron chi connectivity index (χ2n) is 8.42. The van der Waals surface area contributed by atoms with E-state index < -0.39 is 10.0 Å². The number of fused-ring (bicyclic) bond motifs is 1. The molecule has 0 saturated heterocycles. The highest BCUT2D eigenvalue weighted by Gasteiger charge is 2.24. The molecule has 7 nitrogen and oxygen atoms in total. The van der Waals surface area contributed by atoms with Crippen LogP contribution >= 0.6 is 0 Å². The van der Waals surface area contributed by atoms with Gasteiger partial charge < -0.3 is 10.3 Å². The number of carbonyl (C=O) groups excluding carboxylic acids is 1. The van der Waals surface area contributed by atoms with E-state index >= 15 is 0 Å². The number of H-pyrrole nitrogens is 1. The van der Waals surface area contributed by atoms with E-state index in [-0.39, 0.29) is 22.8 Å². The van der Waals surface area contributed by atoms with Gasteiger partial charge >= 0.3 is 0 Å². The number of para-hydroxylation sites is 3. The van der Waals surface area contributed by atoms with E-state index in [0.29, 0.717) is 17.1 Å². The fraction of sp³-hybridized carbons (Fsp3) is 0.231. The van der Waals surface area contributed by atoms with E-state index in [9.17, 15) is 13.2 Å². The number of hydrogen-bond donors (Lipinski definition) is 3. The lowest BCUT2D eigenvalue weighted by Gasteiger charge is -2.22. The van der Waals surface area contributed by atoms with Crippen LogP contribution < -0.4 is 10.0 Å². The Balaban J connectivity index is 1.53. The number of imidazole rings is 1. The van der Waals surface area contributed by atoms with Crippen LogP contribution in [0.1, 0.15) is 48.1 Å². The van der Waals surface area contributed by atoms with Crippen LogP contribution in [0.4, 0.5) is 5.69 Å². The number of benzene rings is 3. The number of nitrogens with zero attached hydrogens (tertiary/aromatic N) is 1. The third-order valence-electron chi connectivity index (χ3n) is 6.02. The molecule has 8 heteroatoms. The second kappa shape index (κ2) is 9.69. The molecule has 0 spiro atoms. The highest BCUT2D eigenvalue weighted by molar-refractivity contribution is 7.92. The quantitative estimate of drug-likeness (QED) is 0.326. The molecule has 1 aromatic heterocycles.